The number of likely N-dealkylation sites (tertiary alicyclic amines) is 1. The maximum Gasteiger partial charge on any atom is 0.417 e. The number of alkyl halides is 4. The summed E-state index contributed by atoms with van der Waals surface area (Å²) in [4.78, 5) is 17.3. The van der Waals surface area contributed by atoms with Crippen molar-refractivity contribution < 1.29 is 13.2 Å². The van der Waals surface area contributed by atoms with Gasteiger partial charge in [0.05, 0.1) is 5.56 Å². The lowest BCUT2D eigenvalue weighted by molar-refractivity contribution is -0.137. The van der Waals surface area contributed by atoms with Crippen LogP contribution in [-0.2, 0) is 6.18 Å². The highest BCUT2D eigenvalue weighted by atomic mass is 127. The number of H-pyrrole nitrogens is 1. The maximum absolute atomic E-state index is 13.6. The number of anilines is 2. The fraction of sp³-hybridized carbons (Fsp3) is 0.429. The number of halogens is 4. The maximum atomic E-state index is 13.6. The molecule has 0 atom stereocenters. The van der Waals surface area contributed by atoms with Crippen LogP contribution in [0, 0.1) is 6.92 Å². The molecular weight excluding hydrogens is 534 g/mol. The van der Waals surface area contributed by atoms with Gasteiger partial charge in [0, 0.05) is 23.2 Å². The molecule has 2 N–H and O–H groups in total. The van der Waals surface area contributed by atoms with E-state index in [2.05, 4.69) is 65.0 Å². The molecule has 0 amide bonds. The van der Waals surface area contributed by atoms with Gasteiger partial charge in [-0.25, -0.2) is 9.97 Å². The third kappa shape index (κ3) is 5.94. The molecule has 1 aliphatic heterocycles. The van der Waals surface area contributed by atoms with Gasteiger partial charge < -0.3 is 10.2 Å². The van der Waals surface area contributed by atoms with E-state index in [-0.39, 0.29) is 17.3 Å². The van der Waals surface area contributed by atoms with E-state index in [1.54, 1.807) is 19.1 Å². The molecule has 3 aromatic rings. The number of aromatic amines is 1. The quantitative estimate of drug-likeness (QED) is 0.338. The molecule has 3 heterocycles. The monoisotopic (exact) mass is 559 g/mol. The lowest BCUT2D eigenvalue weighted by atomic mass is 9.93. The number of piperidine rings is 1. The topological polar surface area (TPSA) is 82.6 Å². The van der Waals surface area contributed by atoms with Gasteiger partial charge in [-0.15, -0.1) is 5.10 Å². The second-order valence-corrected chi connectivity index (χ2v) is 7.49. The molecule has 172 valence electrons. The number of benzene rings is 1. The first-order chi connectivity index (χ1) is 15.3. The second kappa shape index (κ2) is 10.6. The van der Waals surface area contributed by atoms with E-state index < -0.39 is 11.7 Å². The van der Waals surface area contributed by atoms with E-state index in [9.17, 15) is 13.2 Å². The van der Waals surface area contributed by atoms with Crippen molar-refractivity contribution in [3.05, 3.63) is 47.4 Å². The first-order valence-corrected chi connectivity index (χ1v) is 12.2. The standard InChI is InChI=1S/C20H22F3N7.CH3I/c1-12-24-19(29-28-12)27-17-11-16(13-7-9-30(2)10-8-13)25-18(26-17)14-5-3-4-6-15(14)20(21,22)23;1-2/h3-6,11,13H,7-10H2,1-2H3,(H2,24,25,26,27,28,29);1H3. The zero-order valence-corrected chi connectivity index (χ0v) is 20.2. The van der Waals surface area contributed by atoms with Crippen LogP contribution in [-0.4, -0.2) is 55.1 Å². The largest absolute Gasteiger partial charge is 0.417 e. The Balaban J connectivity index is 0.00000141. The molecule has 2 aromatic heterocycles. The predicted octanol–water partition coefficient (Wildman–Crippen LogP) is 5.19. The highest BCUT2D eigenvalue weighted by Gasteiger charge is 2.34. The van der Waals surface area contributed by atoms with Crippen molar-refractivity contribution in [2.24, 2.45) is 0 Å². The number of aromatic nitrogens is 5. The van der Waals surface area contributed by atoms with Crippen molar-refractivity contribution in [1.82, 2.24) is 30.0 Å². The molecule has 4 rings (SSSR count). The zero-order valence-electron chi connectivity index (χ0n) is 18.0. The number of nitrogens with zero attached hydrogens (tertiary/aromatic N) is 5. The average Bonchev–Trinajstić information content (AvgIpc) is 3.19. The first-order valence-electron chi connectivity index (χ1n) is 10.1. The minimum absolute atomic E-state index is 0.0362. The SMILES string of the molecule is CI.Cc1nc(Nc2cc(C3CCN(C)CC3)nc(-c3ccccc3C(F)(F)F)n2)n[nH]1. The van der Waals surface area contributed by atoms with Crippen LogP contribution in [0.5, 0.6) is 0 Å². The molecule has 1 fully saturated rings. The Morgan fingerprint density at radius 3 is 2.41 bits per heavy atom. The van der Waals surface area contributed by atoms with Crippen molar-refractivity contribution >= 4 is 34.4 Å². The number of hydrogen-bond donors (Lipinski definition) is 2. The number of aryl methyl sites for hydroxylation is 1. The summed E-state index contributed by atoms with van der Waals surface area (Å²) in [5, 5.41) is 9.74. The summed E-state index contributed by atoms with van der Waals surface area (Å²) in [6.07, 6.45) is -2.74. The van der Waals surface area contributed by atoms with Crippen LogP contribution < -0.4 is 5.32 Å². The third-order valence-corrected chi connectivity index (χ3v) is 5.19. The van der Waals surface area contributed by atoms with E-state index in [0.29, 0.717) is 17.6 Å². The number of hydrogen-bond acceptors (Lipinski definition) is 6. The minimum atomic E-state index is -4.50. The van der Waals surface area contributed by atoms with Gasteiger partial charge >= 0.3 is 6.18 Å². The smallest absolute Gasteiger partial charge is 0.307 e. The summed E-state index contributed by atoms with van der Waals surface area (Å²) in [7, 11) is 2.06. The Morgan fingerprint density at radius 2 is 1.78 bits per heavy atom. The molecule has 7 nitrogen and oxygen atoms in total. The molecule has 1 aromatic carbocycles. The lowest BCUT2D eigenvalue weighted by Crippen LogP contribution is -2.29. The van der Waals surface area contributed by atoms with Gasteiger partial charge in [0.15, 0.2) is 5.82 Å². The Kier molecular flexibility index (Phi) is 8.04. The summed E-state index contributed by atoms with van der Waals surface area (Å²) in [5.74, 6) is 1.47. The molecule has 0 bridgehead atoms. The highest BCUT2D eigenvalue weighted by Crippen LogP contribution is 2.37. The number of rotatable bonds is 4. The van der Waals surface area contributed by atoms with Crippen molar-refractivity contribution in [2.75, 3.05) is 30.4 Å². The summed E-state index contributed by atoms with van der Waals surface area (Å²) in [5.41, 5.74) is -0.0842. The Labute approximate surface area is 198 Å². The molecule has 1 aliphatic rings. The van der Waals surface area contributed by atoms with Crippen molar-refractivity contribution in [2.45, 2.75) is 31.9 Å². The van der Waals surface area contributed by atoms with Crippen LogP contribution in [0.25, 0.3) is 11.4 Å². The normalized spacial score (nSPS) is 15.2. The molecular formula is C21H25F3IN7. The molecule has 32 heavy (non-hydrogen) atoms. The van der Waals surface area contributed by atoms with Crippen LogP contribution >= 0.6 is 22.6 Å². The summed E-state index contributed by atoms with van der Waals surface area (Å²) < 4.78 is 40.7. The molecule has 1 saturated heterocycles. The van der Waals surface area contributed by atoms with Crippen molar-refractivity contribution in [1.29, 1.82) is 0 Å². The van der Waals surface area contributed by atoms with Gasteiger partial charge in [0.1, 0.15) is 11.6 Å². The minimum Gasteiger partial charge on any atom is -0.307 e. The Bertz CT molecular complexity index is 1030. The third-order valence-electron chi connectivity index (χ3n) is 5.19. The van der Waals surface area contributed by atoms with Crippen molar-refractivity contribution in [3.63, 3.8) is 0 Å². The summed E-state index contributed by atoms with van der Waals surface area (Å²) >= 11 is 2.15. The van der Waals surface area contributed by atoms with E-state index in [4.69, 9.17) is 0 Å². The summed E-state index contributed by atoms with van der Waals surface area (Å²) in [6.45, 7) is 3.57. The summed E-state index contributed by atoms with van der Waals surface area (Å²) in [6, 6.07) is 7.15. The highest BCUT2D eigenvalue weighted by molar-refractivity contribution is 14.1. The van der Waals surface area contributed by atoms with Gasteiger partial charge in [-0.05, 0) is 50.9 Å². The fourth-order valence-electron chi connectivity index (χ4n) is 3.60. The average molecular weight is 559 g/mol. The zero-order chi connectivity index (χ0) is 23.3. The van der Waals surface area contributed by atoms with Gasteiger partial charge in [-0.1, -0.05) is 40.8 Å². The molecule has 0 aliphatic carbocycles. The molecule has 0 spiro atoms. The van der Waals surface area contributed by atoms with Gasteiger partial charge in [-0.3, -0.25) is 5.10 Å². The van der Waals surface area contributed by atoms with E-state index in [1.165, 1.54) is 12.1 Å². The fourth-order valence-corrected chi connectivity index (χ4v) is 3.60. The molecule has 0 unspecified atom stereocenters. The van der Waals surface area contributed by atoms with Gasteiger partial charge in [0.25, 0.3) is 0 Å². The Hall–Kier alpha value is -2.28. The lowest BCUT2D eigenvalue weighted by Gasteiger charge is -2.29. The van der Waals surface area contributed by atoms with E-state index >= 15 is 0 Å². The van der Waals surface area contributed by atoms with Crippen LogP contribution in [0.2, 0.25) is 0 Å². The molecule has 0 saturated carbocycles. The second-order valence-electron chi connectivity index (χ2n) is 7.49. The van der Waals surface area contributed by atoms with Crippen molar-refractivity contribution in [3.8, 4) is 11.4 Å². The van der Waals surface area contributed by atoms with E-state index in [1.807, 2.05) is 4.93 Å². The van der Waals surface area contributed by atoms with Gasteiger partial charge in [-0.2, -0.15) is 18.2 Å². The van der Waals surface area contributed by atoms with Crippen LogP contribution in [0.4, 0.5) is 24.9 Å². The van der Waals surface area contributed by atoms with Gasteiger partial charge in [0.2, 0.25) is 5.95 Å². The van der Waals surface area contributed by atoms with Crippen LogP contribution in [0.1, 0.15) is 35.8 Å². The van der Waals surface area contributed by atoms with Crippen LogP contribution in [0.15, 0.2) is 30.3 Å². The van der Waals surface area contributed by atoms with Crippen LogP contribution in [0.3, 0.4) is 0 Å². The number of nitrogens with one attached hydrogen (secondary N) is 2. The Morgan fingerprint density at radius 1 is 1.09 bits per heavy atom. The van der Waals surface area contributed by atoms with E-state index in [0.717, 1.165) is 37.7 Å². The predicted molar refractivity (Wildman–Crippen MR) is 126 cm³/mol. The first kappa shape index (κ1) is 24.4. The molecule has 0 radical (unpaired) electrons. The molecule has 11 heteroatoms.